The summed E-state index contributed by atoms with van der Waals surface area (Å²) in [5, 5.41) is 29.2. The molecule has 106 valence electrons. The highest BCUT2D eigenvalue weighted by atomic mass is 16.6. The number of hydrogen-bond donors (Lipinski definition) is 2. The van der Waals surface area contributed by atoms with E-state index in [1.165, 1.54) is 12.1 Å². The van der Waals surface area contributed by atoms with E-state index in [0.29, 0.717) is 0 Å². The minimum Gasteiger partial charge on any atom is -0.478 e. The number of anilines is 1. The van der Waals surface area contributed by atoms with Crippen LogP contribution in [0.3, 0.4) is 0 Å². The van der Waals surface area contributed by atoms with Crippen molar-refractivity contribution in [2.75, 3.05) is 18.1 Å². The quantitative estimate of drug-likeness (QED) is 0.616. The minimum absolute atomic E-state index is 0.0433. The molecule has 8 nitrogen and oxygen atoms in total. The maximum absolute atomic E-state index is 11.9. The van der Waals surface area contributed by atoms with E-state index in [0.717, 1.165) is 11.0 Å². The third-order valence-electron chi connectivity index (χ3n) is 3.18. The van der Waals surface area contributed by atoms with Crippen LogP contribution in [0.15, 0.2) is 18.2 Å². The third-order valence-corrected chi connectivity index (χ3v) is 3.18. The van der Waals surface area contributed by atoms with Crippen molar-refractivity contribution < 1.29 is 24.7 Å². The van der Waals surface area contributed by atoms with Crippen LogP contribution >= 0.6 is 0 Å². The van der Waals surface area contributed by atoms with Gasteiger partial charge in [-0.25, -0.2) is 4.79 Å². The number of aliphatic hydroxyl groups excluding tert-OH is 1. The van der Waals surface area contributed by atoms with Gasteiger partial charge < -0.3 is 15.1 Å². The van der Waals surface area contributed by atoms with Crippen molar-refractivity contribution in [3.8, 4) is 0 Å². The molecular weight excluding hydrogens is 268 g/mol. The Morgan fingerprint density at radius 2 is 2.20 bits per heavy atom. The fraction of sp³-hybridized carbons (Fsp3) is 0.333. The van der Waals surface area contributed by atoms with E-state index in [9.17, 15) is 19.7 Å². The number of carbonyl (C=O) groups is 2. The Kier molecular flexibility index (Phi) is 3.66. The first kappa shape index (κ1) is 13.9. The van der Waals surface area contributed by atoms with Gasteiger partial charge in [-0.2, -0.15) is 0 Å². The number of para-hydroxylation sites is 1. The number of rotatable bonds is 4. The number of carboxylic acids is 1. The molecule has 1 aromatic rings. The highest BCUT2D eigenvalue weighted by molar-refractivity contribution is 6.05. The second kappa shape index (κ2) is 5.25. The third kappa shape index (κ3) is 2.32. The summed E-state index contributed by atoms with van der Waals surface area (Å²) in [5.41, 5.74) is -0.950. The molecule has 0 spiro atoms. The first-order chi connectivity index (χ1) is 9.45. The average Bonchev–Trinajstić information content (AvgIpc) is 2.78. The zero-order valence-corrected chi connectivity index (χ0v) is 10.4. The van der Waals surface area contributed by atoms with Crippen molar-refractivity contribution in [1.82, 2.24) is 0 Å². The zero-order valence-electron chi connectivity index (χ0n) is 10.4. The van der Waals surface area contributed by atoms with Gasteiger partial charge in [0.05, 0.1) is 10.5 Å². The lowest BCUT2D eigenvalue weighted by Gasteiger charge is -2.18. The topological polar surface area (TPSA) is 121 Å². The van der Waals surface area contributed by atoms with Crippen molar-refractivity contribution in [3.05, 3.63) is 33.9 Å². The maximum Gasteiger partial charge on any atom is 0.338 e. The second-order valence-electron chi connectivity index (χ2n) is 4.49. The van der Waals surface area contributed by atoms with Crippen LogP contribution in [0.25, 0.3) is 0 Å². The number of benzene rings is 1. The van der Waals surface area contributed by atoms with E-state index in [4.69, 9.17) is 10.2 Å². The molecule has 1 amide bonds. The predicted molar refractivity (Wildman–Crippen MR) is 67.6 cm³/mol. The van der Waals surface area contributed by atoms with Crippen LogP contribution in [-0.4, -0.2) is 40.2 Å². The molecule has 2 N–H and O–H groups in total. The molecule has 1 aliphatic heterocycles. The Morgan fingerprint density at radius 3 is 2.70 bits per heavy atom. The number of hydrogen-bond acceptors (Lipinski definition) is 5. The number of carboxylic acid groups (broad SMARTS) is 1. The molecule has 1 heterocycles. The van der Waals surface area contributed by atoms with Crippen LogP contribution in [0, 0.1) is 16.0 Å². The van der Waals surface area contributed by atoms with E-state index in [1.54, 1.807) is 0 Å². The van der Waals surface area contributed by atoms with E-state index >= 15 is 0 Å². The number of amides is 1. The number of carbonyl (C=O) groups excluding carboxylic acids is 1. The Morgan fingerprint density at radius 1 is 1.50 bits per heavy atom. The summed E-state index contributed by atoms with van der Waals surface area (Å²) in [6.45, 7) is -0.161. The lowest BCUT2D eigenvalue weighted by atomic mass is 10.1. The molecule has 0 saturated carbocycles. The summed E-state index contributed by atoms with van der Waals surface area (Å²) in [5.74, 6) is -2.12. The van der Waals surface area contributed by atoms with Crippen molar-refractivity contribution >= 4 is 23.3 Å². The second-order valence-corrected chi connectivity index (χ2v) is 4.49. The van der Waals surface area contributed by atoms with Gasteiger partial charge in [0.1, 0.15) is 5.69 Å². The fourth-order valence-corrected chi connectivity index (χ4v) is 2.25. The minimum atomic E-state index is -1.34. The number of nitro benzene ring substituents is 1. The summed E-state index contributed by atoms with van der Waals surface area (Å²) in [7, 11) is 0. The van der Waals surface area contributed by atoms with Crippen molar-refractivity contribution in [2.45, 2.75) is 6.42 Å². The first-order valence-electron chi connectivity index (χ1n) is 5.87. The molecule has 1 aliphatic rings. The van der Waals surface area contributed by atoms with Crippen molar-refractivity contribution in [3.63, 3.8) is 0 Å². The summed E-state index contributed by atoms with van der Waals surface area (Å²) in [6.07, 6.45) is 0.0433. The van der Waals surface area contributed by atoms with E-state index in [2.05, 4.69) is 0 Å². The average molecular weight is 280 g/mol. The highest BCUT2D eigenvalue weighted by Crippen LogP contribution is 2.36. The van der Waals surface area contributed by atoms with Crippen molar-refractivity contribution in [2.24, 2.45) is 5.92 Å². The van der Waals surface area contributed by atoms with Crippen molar-refractivity contribution in [1.29, 1.82) is 0 Å². The molecule has 0 bridgehead atoms. The van der Waals surface area contributed by atoms with Gasteiger partial charge in [0.2, 0.25) is 5.91 Å². The lowest BCUT2D eigenvalue weighted by Crippen LogP contribution is -2.27. The monoisotopic (exact) mass is 280 g/mol. The first-order valence-corrected chi connectivity index (χ1v) is 5.87. The van der Waals surface area contributed by atoms with Gasteiger partial charge in [-0.3, -0.25) is 14.9 Å². The molecular formula is C12H12N2O6. The van der Waals surface area contributed by atoms with Gasteiger partial charge in [0.15, 0.2) is 0 Å². The van der Waals surface area contributed by atoms with Crippen LogP contribution in [-0.2, 0) is 4.79 Å². The fourth-order valence-electron chi connectivity index (χ4n) is 2.25. The predicted octanol–water partition coefficient (Wildman–Crippen LogP) is 0.638. The molecule has 1 atom stereocenters. The molecule has 20 heavy (non-hydrogen) atoms. The van der Waals surface area contributed by atoms with E-state index in [1.807, 2.05) is 0 Å². The Labute approximate surface area is 113 Å². The Hall–Kier alpha value is -2.48. The van der Waals surface area contributed by atoms with Gasteiger partial charge in [0, 0.05) is 31.6 Å². The molecule has 0 aliphatic carbocycles. The van der Waals surface area contributed by atoms with Crippen LogP contribution in [0.1, 0.15) is 16.8 Å². The number of nitrogens with zero attached hydrogens (tertiary/aromatic N) is 2. The number of nitro groups is 1. The Bertz CT molecular complexity index is 553. The summed E-state index contributed by atoms with van der Waals surface area (Å²) < 4.78 is 0. The van der Waals surface area contributed by atoms with E-state index < -0.39 is 22.5 Å². The normalized spacial score (nSPS) is 18.4. The number of aliphatic hydroxyl groups is 1. The zero-order chi connectivity index (χ0) is 14.9. The molecule has 1 aromatic carbocycles. The van der Waals surface area contributed by atoms with Crippen LogP contribution in [0.4, 0.5) is 11.4 Å². The SMILES string of the molecule is O=C(O)c1cccc([N+](=O)[O-])c1N1CC(CO)CC1=O. The Balaban J connectivity index is 2.56. The van der Waals surface area contributed by atoms with Crippen LogP contribution < -0.4 is 4.90 Å². The molecule has 1 unspecified atom stereocenters. The molecule has 0 radical (unpaired) electrons. The maximum atomic E-state index is 11.9. The van der Waals surface area contributed by atoms with Crippen LogP contribution in [0.2, 0.25) is 0 Å². The van der Waals surface area contributed by atoms with Gasteiger partial charge in [0.25, 0.3) is 5.69 Å². The smallest absolute Gasteiger partial charge is 0.338 e. The van der Waals surface area contributed by atoms with Gasteiger partial charge in [-0.1, -0.05) is 6.07 Å². The van der Waals surface area contributed by atoms with Gasteiger partial charge >= 0.3 is 5.97 Å². The number of aromatic carboxylic acids is 1. The lowest BCUT2D eigenvalue weighted by molar-refractivity contribution is -0.384. The summed E-state index contributed by atoms with van der Waals surface area (Å²) in [4.78, 5) is 34.5. The standard InChI is InChI=1S/C12H12N2O6/c15-6-7-4-10(16)13(5-7)11-8(12(17)18)2-1-3-9(11)14(19)20/h1-3,7,15H,4-6H2,(H,17,18). The van der Waals surface area contributed by atoms with Crippen LogP contribution in [0.5, 0.6) is 0 Å². The summed E-state index contributed by atoms with van der Waals surface area (Å²) >= 11 is 0. The van der Waals surface area contributed by atoms with E-state index in [-0.39, 0.29) is 36.7 Å². The summed E-state index contributed by atoms with van der Waals surface area (Å²) in [6, 6.07) is 3.63. The molecule has 0 aromatic heterocycles. The molecule has 8 heteroatoms. The molecule has 2 rings (SSSR count). The largest absolute Gasteiger partial charge is 0.478 e. The van der Waals surface area contributed by atoms with Gasteiger partial charge in [-0.05, 0) is 6.07 Å². The highest BCUT2D eigenvalue weighted by Gasteiger charge is 2.36. The van der Waals surface area contributed by atoms with Gasteiger partial charge in [-0.15, -0.1) is 0 Å². The molecule has 1 fully saturated rings. The molecule has 1 saturated heterocycles.